The number of nitrogens with one attached hydrogen (secondary N) is 1. The molecule has 0 saturated carbocycles. The van der Waals surface area contributed by atoms with E-state index in [9.17, 15) is 0 Å². The molecule has 1 heterocycles. The van der Waals surface area contributed by atoms with E-state index >= 15 is 0 Å². The third kappa shape index (κ3) is 2.72. The van der Waals surface area contributed by atoms with Crippen molar-refractivity contribution < 1.29 is 0 Å². The number of nitrogens with zero attached hydrogens (tertiary/aromatic N) is 1. The van der Waals surface area contributed by atoms with Crippen LogP contribution in [0.4, 0.5) is 11.4 Å². The van der Waals surface area contributed by atoms with Crippen molar-refractivity contribution in [2.75, 3.05) is 23.3 Å². The number of para-hydroxylation sites is 2. The Morgan fingerprint density at radius 2 is 1.75 bits per heavy atom. The van der Waals surface area contributed by atoms with Crippen LogP contribution in [0.3, 0.4) is 0 Å². The Morgan fingerprint density at radius 1 is 1.00 bits per heavy atom. The molecule has 3 rings (SSSR count). The molecule has 0 aromatic heterocycles. The summed E-state index contributed by atoms with van der Waals surface area (Å²) in [5.74, 6) is 0. The zero-order chi connectivity index (χ0) is 13.9. The SMILES string of the molecule is Clc1cccc(Cl)c1CN1CCCNc2ccccc21. The fourth-order valence-corrected chi connectivity index (χ4v) is 3.07. The van der Waals surface area contributed by atoms with Gasteiger partial charge in [0.15, 0.2) is 0 Å². The fourth-order valence-electron chi connectivity index (χ4n) is 2.55. The van der Waals surface area contributed by atoms with Crippen molar-refractivity contribution >= 4 is 34.6 Å². The molecule has 1 aliphatic heterocycles. The maximum atomic E-state index is 6.29. The second-order valence-corrected chi connectivity index (χ2v) is 5.73. The minimum Gasteiger partial charge on any atom is -0.383 e. The Hall–Kier alpha value is -1.38. The van der Waals surface area contributed by atoms with Crippen LogP contribution in [0.15, 0.2) is 42.5 Å². The summed E-state index contributed by atoms with van der Waals surface area (Å²) >= 11 is 12.6. The van der Waals surface area contributed by atoms with Gasteiger partial charge in [-0.25, -0.2) is 0 Å². The first-order chi connectivity index (χ1) is 9.75. The third-order valence-corrected chi connectivity index (χ3v) is 4.28. The lowest BCUT2D eigenvalue weighted by Crippen LogP contribution is -2.23. The summed E-state index contributed by atoms with van der Waals surface area (Å²) in [6, 6.07) is 14.0. The van der Waals surface area contributed by atoms with Crippen LogP contribution in [0.5, 0.6) is 0 Å². The highest BCUT2D eigenvalue weighted by atomic mass is 35.5. The summed E-state index contributed by atoms with van der Waals surface area (Å²) in [6.07, 6.45) is 1.09. The molecule has 1 aliphatic rings. The first-order valence-corrected chi connectivity index (χ1v) is 7.52. The normalized spacial score (nSPS) is 14.4. The van der Waals surface area contributed by atoms with Crippen molar-refractivity contribution in [2.45, 2.75) is 13.0 Å². The first kappa shape index (κ1) is 13.6. The minimum absolute atomic E-state index is 0.729. The average Bonchev–Trinajstić information content (AvgIpc) is 2.66. The van der Waals surface area contributed by atoms with Gasteiger partial charge in [0.2, 0.25) is 0 Å². The summed E-state index contributed by atoms with van der Waals surface area (Å²) in [4.78, 5) is 2.34. The molecule has 2 aromatic rings. The van der Waals surface area contributed by atoms with E-state index in [1.165, 1.54) is 11.4 Å². The van der Waals surface area contributed by atoms with Gasteiger partial charge < -0.3 is 10.2 Å². The maximum absolute atomic E-state index is 6.29. The lowest BCUT2D eigenvalue weighted by Gasteiger charge is -2.25. The van der Waals surface area contributed by atoms with Gasteiger partial charge in [-0.15, -0.1) is 0 Å². The van der Waals surface area contributed by atoms with Gasteiger partial charge in [-0.1, -0.05) is 41.4 Å². The monoisotopic (exact) mass is 306 g/mol. The van der Waals surface area contributed by atoms with Crippen LogP contribution in [0.25, 0.3) is 0 Å². The molecule has 0 aliphatic carbocycles. The fraction of sp³-hybridized carbons (Fsp3) is 0.250. The number of fused-ring (bicyclic) bond motifs is 1. The van der Waals surface area contributed by atoms with Gasteiger partial charge in [-0.2, -0.15) is 0 Å². The van der Waals surface area contributed by atoms with Gasteiger partial charge in [0.25, 0.3) is 0 Å². The molecule has 0 bridgehead atoms. The summed E-state index contributed by atoms with van der Waals surface area (Å²) < 4.78 is 0. The topological polar surface area (TPSA) is 15.3 Å². The Kier molecular flexibility index (Phi) is 4.04. The summed E-state index contributed by atoms with van der Waals surface area (Å²) in [6.45, 7) is 2.71. The summed E-state index contributed by atoms with van der Waals surface area (Å²) in [5.41, 5.74) is 3.38. The number of anilines is 2. The summed E-state index contributed by atoms with van der Waals surface area (Å²) in [5, 5.41) is 4.92. The van der Waals surface area contributed by atoms with Gasteiger partial charge in [-0.05, 0) is 30.7 Å². The van der Waals surface area contributed by atoms with Crippen LogP contribution in [0, 0.1) is 0 Å². The Balaban J connectivity index is 1.94. The molecule has 104 valence electrons. The maximum Gasteiger partial charge on any atom is 0.0605 e. The molecule has 0 spiro atoms. The van der Waals surface area contributed by atoms with Crippen LogP contribution < -0.4 is 10.2 Å². The highest BCUT2D eigenvalue weighted by Crippen LogP contribution is 2.32. The molecule has 0 amide bonds. The van der Waals surface area contributed by atoms with Crippen LogP contribution in [0.2, 0.25) is 10.0 Å². The minimum atomic E-state index is 0.729. The van der Waals surface area contributed by atoms with E-state index in [2.05, 4.69) is 34.5 Å². The van der Waals surface area contributed by atoms with Crippen molar-refractivity contribution in [2.24, 2.45) is 0 Å². The number of rotatable bonds is 2. The van der Waals surface area contributed by atoms with Crippen LogP contribution in [0.1, 0.15) is 12.0 Å². The highest BCUT2D eigenvalue weighted by molar-refractivity contribution is 6.36. The summed E-state index contributed by atoms with van der Waals surface area (Å²) in [7, 11) is 0. The van der Waals surface area contributed by atoms with Crippen LogP contribution in [-0.2, 0) is 6.54 Å². The lowest BCUT2D eigenvalue weighted by atomic mass is 10.1. The van der Waals surface area contributed by atoms with Gasteiger partial charge in [0.1, 0.15) is 0 Å². The van der Waals surface area contributed by atoms with Crippen LogP contribution >= 0.6 is 23.2 Å². The number of hydrogen-bond donors (Lipinski definition) is 1. The molecular weight excluding hydrogens is 291 g/mol. The molecule has 20 heavy (non-hydrogen) atoms. The van der Waals surface area contributed by atoms with Gasteiger partial charge in [0.05, 0.1) is 11.4 Å². The Bertz CT molecular complexity index is 593. The van der Waals surface area contributed by atoms with E-state index in [1.807, 2.05) is 18.2 Å². The molecule has 0 saturated heterocycles. The molecule has 0 unspecified atom stereocenters. The zero-order valence-corrected chi connectivity index (χ0v) is 12.6. The molecule has 0 fully saturated rings. The molecule has 0 atom stereocenters. The highest BCUT2D eigenvalue weighted by Gasteiger charge is 2.17. The van der Waals surface area contributed by atoms with Crippen LogP contribution in [-0.4, -0.2) is 13.1 Å². The van der Waals surface area contributed by atoms with Gasteiger partial charge in [-0.3, -0.25) is 0 Å². The second kappa shape index (κ2) is 5.94. The van der Waals surface area contributed by atoms with Crippen molar-refractivity contribution in [1.82, 2.24) is 0 Å². The average molecular weight is 307 g/mol. The molecule has 2 aromatic carbocycles. The van der Waals surface area contributed by atoms with E-state index in [0.29, 0.717) is 0 Å². The number of halogens is 2. The van der Waals surface area contributed by atoms with E-state index in [1.54, 1.807) is 0 Å². The predicted molar refractivity (Wildman–Crippen MR) is 87.1 cm³/mol. The smallest absolute Gasteiger partial charge is 0.0605 e. The molecular formula is C16H16Cl2N2. The molecule has 4 heteroatoms. The van der Waals surface area contributed by atoms with Gasteiger partial charge in [0, 0.05) is 35.2 Å². The molecule has 0 radical (unpaired) electrons. The van der Waals surface area contributed by atoms with E-state index in [4.69, 9.17) is 23.2 Å². The number of benzene rings is 2. The largest absolute Gasteiger partial charge is 0.383 e. The number of hydrogen-bond acceptors (Lipinski definition) is 2. The quantitative estimate of drug-likeness (QED) is 0.856. The van der Waals surface area contributed by atoms with E-state index in [-0.39, 0.29) is 0 Å². The van der Waals surface area contributed by atoms with Crippen molar-refractivity contribution in [3.8, 4) is 0 Å². The Morgan fingerprint density at radius 3 is 2.55 bits per heavy atom. The zero-order valence-electron chi connectivity index (χ0n) is 11.1. The lowest BCUT2D eigenvalue weighted by molar-refractivity contribution is 0.764. The van der Waals surface area contributed by atoms with E-state index < -0.39 is 0 Å². The van der Waals surface area contributed by atoms with Crippen molar-refractivity contribution in [3.05, 3.63) is 58.1 Å². The van der Waals surface area contributed by atoms with Crippen molar-refractivity contribution in [1.29, 1.82) is 0 Å². The van der Waals surface area contributed by atoms with Gasteiger partial charge >= 0.3 is 0 Å². The van der Waals surface area contributed by atoms with E-state index in [0.717, 1.165) is 41.7 Å². The first-order valence-electron chi connectivity index (χ1n) is 6.76. The van der Waals surface area contributed by atoms with Crippen molar-refractivity contribution in [3.63, 3.8) is 0 Å². The second-order valence-electron chi connectivity index (χ2n) is 4.92. The standard InChI is InChI=1S/C16H16Cl2N2/c17-13-5-3-6-14(18)12(13)11-20-10-4-9-19-15-7-1-2-8-16(15)20/h1-3,5-8,19H,4,9-11H2. The Labute approximate surface area is 129 Å². The predicted octanol–water partition coefficient (Wildman–Crippen LogP) is 4.82. The third-order valence-electron chi connectivity index (χ3n) is 3.58. The molecule has 2 nitrogen and oxygen atoms in total. The molecule has 1 N–H and O–H groups in total.